The summed E-state index contributed by atoms with van der Waals surface area (Å²) in [5.41, 5.74) is 7.52. The van der Waals surface area contributed by atoms with Crippen molar-refractivity contribution >= 4 is 16.8 Å². The van der Waals surface area contributed by atoms with E-state index in [4.69, 9.17) is 5.73 Å². The van der Waals surface area contributed by atoms with Crippen LogP contribution in [-0.2, 0) is 11.2 Å². The molecule has 4 heteroatoms. The number of para-hydroxylation sites is 1. The van der Waals surface area contributed by atoms with E-state index >= 15 is 0 Å². The molecule has 0 unspecified atom stereocenters. The summed E-state index contributed by atoms with van der Waals surface area (Å²) in [7, 11) is 1.81. The molecule has 0 aliphatic heterocycles. The van der Waals surface area contributed by atoms with Crippen LogP contribution in [0.4, 0.5) is 0 Å². The van der Waals surface area contributed by atoms with Crippen LogP contribution < -0.4 is 5.73 Å². The molecule has 0 bridgehead atoms. The number of likely N-dealkylation sites (N-methyl/N-ethyl adjacent to an activating group) is 1. The maximum atomic E-state index is 11.7. The van der Waals surface area contributed by atoms with E-state index in [1.165, 1.54) is 10.9 Å². The molecule has 4 nitrogen and oxygen atoms in total. The van der Waals surface area contributed by atoms with Gasteiger partial charge in [0, 0.05) is 29.7 Å². The minimum Gasteiger partial charge on any atom is -0.361 e. The van der Waals surface area contributed by atoms with Crippen molar-refractivity contribution in [3.8, 4) is 0 Å². The quantitative estimate of drug-likeness (QED) is 0.881. The lowest BCUT2D eigenvalue weighted by molar-refractivity contribution is -0.133. The number of benzene rings is 1. The van der Waals surface area contributed by atoms with E-state index in [0.29, 0.717) is 0 Å². The molecule has 0 fully saturated rings. The van der Waals surface area contributed by atoms with E-state index in [1.807, 2.05) is 25.4 Å². The number of nitrogens with two attached hydrogens (primary N) is 1. The number of rotatable bonds is 4. The van der Waals surface area contributed by atoms with Crippen LogP contribution in [0.15, 0.2) is 30.5 Å². The fourth-order valence-corrected chi connectivity index (χ4v) is 2.34. The Bertz CT molecular complexity index is 586. The maximum absolute atomic E-state index is 11.7. The SMILES string of the molecule is CN(C(=O)CN)C(C)(C)Cc1c[nH]c2ccccc12. The summed E-state index contributed by atoms with van der Waals surface area (Å²) in [5, 5.41) is 1.21. The molecule has 0 aliphatic carbocycles. The molecule has 0 saturated heterocycles. The molecule has 2 rings (SSSR count). The highest BCUT2D eigenvalue weighted by Crippen LogP contribution is 2.25. The lowest BCUT2D eigenvalue weighted by Crippen LogP contribution is -2.48. The van der Waals surface area contributed by atoms with Crippen LogP contribution in [-0.4, -0.2) is 34.9 Å². The molecule has 1 amide bonds. The number of carbonyl (C=O) groups is 1. The summed E-state index contributed by atoms with van der Waals surface area (Å²) in [6.07, 6.45) is 2.81. The highest BCUT2D eigenvalue weighted by molar-refractivity contribution is 5.83. The second kappa shape index (κ2) is 5.05. The van der Waals surface area contributed by atoms with E-state index in [1.54, 1.807) is 4.90 Å². The predicted octanol–water partition coefficient (Wildman–Crippen LogP) is 1.91. The number of H-pyrrole nitrogens is 1. The third-order valence-electron chi connectivity index (χ3n) is 3.75. The fraction of sp³-hybridized carbons (Fsp3) is 0.400. The number of aromatic amines is 1. The molecule has 0 aliphatic rings. The average Bonchev–Trinajstić information content (AvgIpc) is 2.80. The van der Waals surface area contributed by atoms with Crippen molar-refractivity contribution in [2.75, 3.05) is 13.6 Å². The monoisotopic (exact) mass is 259 g/mol. The lowest BCUT2D eigenvalue weighted by atomic mass is 9.93. The molecule has 0 spiro atoms. The zero-order valence-corrected chi connectivity index (χ0v) is 11.7. The Balaban J connectivity index is 2.27. The van der Waals surface area contributed by atoms with Crippen molar-refractivity contribution in [2.45, 2.75) is 25.8 Å². The first kappa shape index (κ1) is 13.6. The number of hydrogen-bond acceptors (Lipinski definition) is 2. The fourth-order valence-electron chi connectivity index (χ4n) is 2.34. The number of amides is 1. The molecule has 3 N–H and O–H groups in total. The second-order valence-electron chi connectivity index (χ2n) is 5.51. The van der Waals surface area contributed by atoms with Gasteiger partial charge < -0.3 is 15.6 Å². The average molecular weight is 259 g/mol. The van der Waals surface area contributed by atoms with Crippen LogP contribution in [0.3, 0.4) is 0 Å². The predicted molar refractivity (Wildman–Crippen MR) is 77.9 cm³/mol. The van der Waals surface area contributed by atoms with Crippen molar-refractivity contribution in [2.24, 2.45) is 5.73 Å². The lowest BCUT2D eigenvalue weighted by Gasteiger charge is -2.35. The molecular formula is C15H21N3O. The summed E-state index contributed by atoms with van der Waals surface area (Å²) < 4.78 is 0. The van der Waals surface area contributed by atoms with Gasteiger partial charge in [-0.2, -0.15) is 0 Å². The summed E-state index contributed by atoms with van der Waals surface area (Å²) in [4.78, 5) is 16.7. The van der Waals surface area contributed by atoms with Crippen LogP contribution >= 0.6 is 0 Å². The molecule has 1 heterocycles. The first-order valence-corrected chi connectivity index (χ1v) is 6.47. The Kier molecular flexibility index (Phi) is 3.62. The minimum atomic E-state index is -0.262. The van der Waals surface area contributed by atoms with E-state index in [-0.39, 0.29) is 18.0 Å². The van der Waals surface area contributed by atoms with Gasteiger partial charge in [0.1, 0.15) is 0 Å². The van der Waals surface area contributed by atoms with Crippen molar-refractivity contribution in [1.82, 2.24) is 9.88 Å². The van der Waals surface area contributed by atoms with E-state index in [0.717, 1.165) is 11.9 Å². The van der Waals surface area contributed by atoms with Gasteiger partial charge in [-0.3, -0.25) is 4.79 Å². The van der Waals surface area contributed by atoms with E-state index in [9.17, 15) is 4.79 Å². The Labute approximate surface area is 113 Å². The molecule has 1 aromatic carbocycles. The Morgan fingerprint density at radius 1 is 1.37 bits per heavy atom. The Morgan fingerprint density at radius 2 is 2.05 bits per heavy atom. The van der Waals surface area contributed by atoms with Crippen LogP contribution in [0.2, 0.25) is 0 Å². The number of nitrogens with zero attached hydrogens (tertiary/aromatic N) is 1. The van der Waals surface area contributed by atoms with Gasteiger partial charge in [0.15, 0.2) is 0 Å². The molecule has 2 aromatic rings. The third-order valence-corrected chi connectivity index (χ3v) is 3.75. The van der Waals surface area contributed by atoms with Crippen LogP contribution in [0, 0.1) is 0 Å². The van der Waals surface area contributed by atoms with Crippen molar-refractivity contribution < 1.29 is 4.79 Å². The number of carbonyl (C=O) groups excluding carboxylic acids is 1. The third kappa shape index (κ3) is 2.63. The molecule has 102 valence electrons. The topological polar surface area (TPSA) is 62.1 Å². The van der Waals surface area contributed by atoms with Crippen molar-refractivity contribution in [1.29, 1.82) is 0 Å². The molecule has 1 aromatic heterocycles. The highest BCUT2D eigenvalue weighted by atomic mass is 16.2. The number of hydrogen-bond donors (Lipinski definition) is 2. The first-order valence-electron chi connectivity index (χ1n) is 6.47. The Morgan fingerprint density at radius 3 is 2.74 bits per heavy atom. The Hall–Kier alpha value is -1.81. The van der Waals surface area contributed by atoms with Gasteiger partial charge in [-0.05, 0) is 31.9 Å². The van der Waals surface area contributed by atoms with Crippen LogP contribution in [0.25, 0.3) is 10.9 Å². The standard InChI is InChI=1S/C15H21N3O/c1-15(2,18(3)14(19)9-16)8-11-10-17-13-7-5-4-6-12(11)13/h4-7,10,17H,8-9,16H2,1-3H3. The molecule has 19 heavy (non-hydrogen) atoms. The molecule has 0 atom stereocenters. The van der Waals surface area contributed by atoms with Gasteiger partial charge in [-0.25, -0.2) is 0 Å². The van der Waals surface area contributed by atoms with E-state index < -0.39 is 0 Å². The summed E-state index contributed by atoms with van der Waals surface area (Å²) in [6.45, 7) is 4.17. The molecule has 0 radical (unpaired) electrons. The minimum absolute atomic E-state index is 0.0372. The van der Waals surface area contributed by atoms with Gasteiger partial charge in [-0.15, -0.1) is 0 Å². The maximum Gasteiger partial charge on any atom is 0.236 e. The first-order chi connectivity index (χ1) is 8.95. The zero-order valence-electron chi connectivity index (χ0n) is 11.7. The largest absolute Gasteiger partial charge is 0.361 e. The normalized spacial score (nSPS) is 11.8. The van der Waals surface area contributed by atoms with Crippen LogP contribution in [0.5, 0.6) is 0 Å². The number of fused-ring (bicyclic) bond motifs is 1. The molecular weight excluding hydrogens is 238 g/mol. The van der Waals surface area contributed by atoms with Gasteiger partial charge in [0.25, 0.3) is 0 Å². The second-order valence-corrected chi connectivity index (χ2v) is 5.51. The van der Waals surface area contributed by atoms with Gasteiger partial charge in [0.2, 0.25) is 5.91 Å². The smallest absolute Gasteiger partial charge is 0.236 e. The summed E-state index contributed by atoms with van der Waals surface area (Å²) >= 11 is 0. The molecule has 0 saturated carbocycles. The number of aromatic nitrogens is 1. The highest BCUT2D eigenvalue weighted by Gasteiger charge is 2.28. The van der Waals surface area contributed by atoms with Gasteiger partial charge >= 0.3 is 0 Å². The van der Waals surface area contributed by atoms with Gasteiger partial charge in [-0.1, -0.05) is 18.2 Å². The summed E-state index contributed by atoms with van der Waals surface area (Å²) in [5.74, 6) is -0.0372. The number of nitrogens with one attached hydrogen (secondary N) is 1. The van der Waals surface area contributed by atoms with E-state index in [2.05, 4.69) is 31.0 Å². The van der Waals surface area contributed by atoms with Crippen molar-refractivity contribution in [3.05, 3.63) is 36.0 Å². The zero-order chi connectivity index (χ0) is 14.0. The summed E-state index contributed by atoms with van der Waals surface area (Å²) in [6, 6.07) is 8.20. The van der Waals surface area contributed by atoms with Crippen LogP contribution in [0.1, 0.15) is 19.4 Å². The van der Waals surface area contributed by atoms with Gasteiger partial charge in [0.05, 0.1) is 6.54 Å². The van der Waals surface area contributed by atoms with Crippen molar-refractivity contribution in [3.63, 3.8) is 0 Å².